The SMILES string of the molecule is CCCCC(CC)COP(=O)(O)OP(=O)(O)O. The first-order valence-corrected chi connectivity index (χ1v) is 8.47. The van der Waals surface area contributed by atoms with E-state index in [9.17, 15) is 9.13 Å². The van der Waals surface area contributed by atoms with Crippen LogP contribution in [-0.2, 0) is 18.0 Å². The molecule has 7 nitrogen and oxygen atoms in total. The molecule has 0 aliphatic rings. The highest BCUT2D eigenvalue weighted by Crippen LogP contribution is 2.57. The summed E-state index contributed by atoms with van der Waals surface area (Å²) < 4.78 is 29.8. The Morgan fingerprint density at radius 2 is 1.76 bits per heavy atom. The second-order valence-corrected chi connectivity index (χ2v) is 6.58. The summed E-state index contributed by atoms with van der Waals surface area (Å²) in [6, 6.07) is 0. The third-order valence-electron chi connectivity index (χ3n) is 2.23. The number of unbranched alkanes of at least 4 members (excludes halogenated alkanes) is 1. The van der Waals surface area contributed by atoms with E-state index in [4.69, 9.17) is 14.7 Å². The predicted octanol–water partition coefficient (Wildman–Crippen LogP) is 2.43. The van der Waals surface area contributed by atoms with Crippen molar-refractivity contribution in [3.63, 3.8) is 0 Å². The van der Waals surface area contributed by atoms with Crippen molar-refractivity contribution < 1.29 is 32.6 Å². The van der Waals surface area contributed by atoms with Gasteiger partial charge in [0, 0.05) is 0 Å². The highest BCUT2D eigenvalue weighted by molar-refractivity contribution is 7.60. The van der Waals surface area contributed by atoms with Crippen LogP contribution in [0.4, 0.5) is 0 Å². The van der Waals surface area contributed by atoms with Gasteiger partial charge in [-0.1, -0.05) is 33.1 Å². The molecule has 9 heteroatoms. The average molecular weight is 290 g/mol. The maximum atomic E-state index is 11.1. The fraction of sp³-hybridized carbons (Fsp3) is 1.00. The molecule has 3 N–H and O–H groups in total. The number of phosphoric ester groups is 1. The van der Waals surface area contributed by atoms with Gasteiger partial charge in [-0.3, -0.25) is 4.52 Å². The first-order chi connectivity index (χ1) is 7.70. The molecule has 0 aromatic carbocycles. The topological polar surface area (TPSA) is 113 Å². The Labute approximate surface area is 101 Å². The van der Waals surface area contributed by atoms with Crippen molar-refractivity contribution in [3.8, 4) is 0 Å². The molecule has 0 saturated heterocycles. The number of rotatable bonds is 9. The van der Waals surface area contributed by atoms with Crippen molar-refractivity contribution in [2.45, 2.75) is 39.5 Å². The maximum Gasteiger partial charge on any atom is 0.481 e. The van der Waals surface area contributed by atoms with E-state index >= 15 is 0 Å². The summed E-state index contributed by atoms with van der Waals surface area (Å²) in [6.07, 6.45) is 3.57. The van der Waals surface area contributed by atoms with Crippen molar-refractivity contribution in [1.82, 2.24) is 0 Å². The molecule has 2 unspecified atom stereocenters. The Kier molecular flexibility index (Phi) is 7.76. The van der Waals surface area contributed by atoms with Gasteiger partial charge in [-0.2, -0.15) is 4.31 Å². The van der Waals surface area contributed by atoms with E-state index in [0.717, 1.165) is 25.7 Å². The van der Waals surface area contributed by atoms with E-state index in [1.807, 2.05) is 13.8 Å². The third kappa shape index (κ3) is 9.92. The Hall–Kier alpha value is 0.260. The Balaban J connectivity index is 4.14. The Morgan fingerprint density at radius 3 is 2.18 bits per heavy atom. The summed E-state index contributed by atoms with van der Waals surface area (Å²) in [7, 11) is -9.69. The molecule has 104 valence electrons. The number of phosphoric acid groups is 2. The monoisotopic (exact) mass is 290 g/mol. The molecule has 2 atom stereocenters. The highest BCUT2D eigenvalue weighted by Gasteiger charge is 2.32. The Bertz CT molecular complexity index is 300. The van der Waals surface area contributed by atoms with Crippen molar-refractivity contribution in [2.24, 2.45) is 5.92 Å². The van der Waals surface area contributed by atoms with Gasteiger partial charge in [-0.25, -0.2) is 9.13 Å². The van der Waals surface area contributed by atoms with Gasteiger partial charge < -0.3 is 14.7 Å². The summed E-state index contributed by atoms with van der Waals surface area (Å²) >= 11 is 0. The van der Waals surface area contributed by atoms with Gasteiger partial charge in [0.05, 0.1) is 6.61 Å². The smallest absolute Gasteiger partial charge is 0.302 e. The normalized spacial score (nSPS) is 17.7. The minimum absolute atomic E-state index is 0.0513. The van der Waals surface area contributed by atoms with Crippen LogP contribution in [0.3, 0.4) is 0 Å². The lowest BCUT2D eigenvalue weighted by molar-refractivity contribution is 0.151. The summed E-state index contributed by atoms with van der Waals surface area (Å²) in [5.41, 5.74) is 0. The van der Waals surface area contributed by atoms with E-state index in [2.05, 4.69) is 8.83 Å². The van der Waals surface area contributed by atoms with Gasteiger partial charge in [-0.05, 0) is 12.3 Å². The van der Waals surface area contributed by atoms with Gasteiger partial charge in [-0.15, -0.1) is 0 Å². The predicted molar refractivity (Wildman–Crippen MR) is 62.2 cm³/mol. The van der Waals surface area contributed by atoms with Crippen LogP contribution in [0.25, 0.3) is 0 Å². The van der Waals surface area contributed by atoms with E-state index in [1.54, 1.807) is 0 Å². The molecule has 0 aromatic heterocycles. The minimum Gasteiger partial charge on any atom is -0.302 e. The zero-order valence-corrected chi connectivity index (χ0v) is 11.8. The largest absolute Gasteiger partial charge is 0.481 e. The van der Waals surface area contributed by atoms with Crippen LogP contribution in [0.2, 0.25) is 0 Å². The first-order valence-electron chi connectivity index (χ1n) is 5.44. The van der Waals surface area contributed by atoms with E-state index < -0.39 is 15.6 Å². The molecule has 0 aliphatic carbocycles. The van der Waals surface area contributed by atoms with Crippen molar-refractivity contribution in [2.75, 3.05) is 6.61 Å². The van der Waals surface area contributed by atoms with Crippen molar-refractivity contribution >= 4 is 15.6 Å². The molecular weight excluding hydrogens is 270 g/mol. The molecule has 0 rings (SSSR count). The zero-order chi connectivity index (χ0) is 13.5. The molecule has 0 amide bonds. The van der Waals surface area contributed by atoms with Crippen LogP contribution in [-0.4, -0.2) is 21.3 Å². The van der Waals surface area contributed by atoms with Crippen molar-refractivity contribution in [1.29, 1.82) is 0 Å². The zero-order valence-electron chi connectivity index (χ0n) is 9.98. The van der Waals surface area contributed by atoms with Crippen LogP contribution in [0.1, 0.15) is 39.5 Å². The fourth-order valence-electron chi connectivity index (χ4n) is 1.26. The molecule has 17 heavy (non-hydrogen) atoms. The lowest BCUT2D eigenvalue weighted by atomic mass is 10.0. The highest BCUT2D eigenvalue weighted by atomic mass is 31.3. The summed E-state index contributed by atoms with van der Waals surface area (Å²) in [5, 5.41) is 0. The molecule has 0 spiro atoms. The van der Waals surface area contributed by atoms with E-state index in [1.165, 1.54) is 0 Å². The molecular formula is C8H20O7P2. The van der Waals surface area contributed by atoms with Crippen LogP contribution >= 0.6 is 15.6 Å². The van der Waals surface area contributed by atoms with Crippen LogP contribution < -0.4 is 0 Å². The van der Waals surface area contributed by atoms with Gasteiger partial charge in [0.15, 0.2) is 0 Å². The maximum absolute atomic E-state index is 11.1. The summed E-state index contributed by atoms with van der Waals surface area (Å²) in [6.45, 7) is 3.89. The standard InChI is InChI=1S/C8H20O7P2/c1-3-5-6-8(4-2)7-14-17(12,13)15-16(9,10)11/h8H,3-7H2,1-2H3,(H,12,13)(H2,9,10,11). The molecule has 0 bridgehead atoms. The van der Waals surface area contributed by atoms with Gasteiger partial charge in [0.2, 0.25) is 0 Å². The lowest BCUT2D eigenvalue weighted by Gasteiger charge is -2.17. The summed E-state index contributed by atoms with van der Waals surface area (Å²) in [5.74, 6) is 0.0794. The molecule has 0 aromatic rings. The van der Waals surface area contributed by atoms with E-state index in [0.29, 0.717) is 0 Å². The van der Waals surface area contributed by atoms with E-state index in [-0.39, 0.29) is 12.5 Å². The van der Waals surface area contributed by atoms with Crippen LogP contribution in [0.5, 0.6) is 0 Å². The van der Waals surface area contributed by atoms with Gasteiger partial charge >= 0.3 is 15.6 Å². The van der Waals surface area contributed by atoms with Crippen molar-refractivity contribution in [3.05, 3.63) is 0 Å². The number of hydrogen-bond acceptors (Lipinski definition) is 4. The molecule has 0 aliphatic heterocycles. The second-order valence-electron chi connectivity index (χ2n) is 3.75. The van der Waals surface area contributed by atoms with Crippen LogP contribution in [0, 0.1) is 5.92 Å². The number of hydrogen-bond donors (Lipinski definition) is 3. The van der Waals surface area contributed by atoms with Gasteiger partial charge in [0.1, 0.15) is 0 Å². The third-order valence-corrected chi connectivity index (χ3v) is 4.38. The fourth-order valence-corrected chi connectivity index (χ4v) is 2.92. The molecule has 0 saturated carbocycles. The summed E-state index contributed by atoms with van der Waals surface area (Å²) in [4.78, 5) is 25.8. The molecule has 0 radical (unpaired) electrons. The second kappa shape index (κ2) is 7.64. The lowest BCUT2D eigenvalue weighted by Crippen LogP contribution is -2.08. The average Bonchev–Trinajstić information content (AvgIpc) is 2.14. The minimum atomic E-state index is -5.01. The molecule has 0 heterocycles. The first kappa shape index (κ1) is 17.3. The van der Waals surface area contributed by atoms with Gasteiger partial charge in [0.25, 0.3) is 0 Å². The van der Waals surface area contributed by atoms with Crippen LogP contribution in [0.15, 0.2) is 0 Å². The molecule has 0 fully saturated rings. The Morgan fingerprint density at radius 1 is 1.18 bits per heavy atom. The quantitative estimate of drug-likeness (QED) is 0.559.